The topological polar surface area (TPSA) is 49.4 Å². The lowest BCUT2D eigenvalue weighted by molar-refractivity contribution is -0.139. The van der Waals surface area contributed by atoms with E-state index < -0.39 is 6.04 Å². The maximum absolute atomic E-state index is 14.2. The molecule has 36 heavy (non-hydrogen) atoms. The molecule has 3 rings (SSSR count). The lowest BCUT2D eigenvalue weighted by Crippen LogP contribution is -2.51. The van der Waals surface area contributed by atoms with E-state index >= 15 is 0 Å². The van der Waals surface area contributed by atoms with Crippen molar-refractivity contribution in [3.8, 4) is 0 Å². The van der Waals surface area contributed by atoms with Crippen molar-refractivity contribution < 1.29 is 14.0 Å². The molecular formula is C29H32ClFN2O2S. The second-order valence-electron chi connectivity index (χ2n) is 8.55. The monoisotopic (exact) mass is 526 g/mol. The van der Waals surface area contributed by atoms with Crippen LogP contribution in [0.25, 0.3) is 0 Å². The summed E-state index contributed by atoms with van der Waals surface area (Å²) in [6, 6.07) is 23.3. The van der Waals surface area contributed by atoms with Crippen LogP contribution in [0.1, 0.15) is 36.5 Å². The first-order valence-electron chi connectivity index (χ1n) is 12.1. The SMILES string of the molecule is CCCCNC(=O)[C@@H](Cc1ccccc1)N(Cc1ccccc1)C(=O)CSCc1c(F)cccc1Cl. The van der Waals surface area contributed by atoms with Gasteiger partial charge in [-0.1, -0.05) is 91.7 Å². The molecule has 4 nitrogen and oxygen atoms in total. The minimum absolute atomic E-state index is 0.102. The maximum Gasteiger partial charge on any atom is 0.243 e. The van der Waals surface area contributed by atoms with Crippen LogP contribution in [-0.4, -0.2) is 35.1 Å². The van der Waals surface area contributed by atoms with Gasteiger partial charge in [0, 0.05) is 35.8 Å². The molecule has 0 aliphatic rings. The molecule has 0 aliphatic heterocycles. The van der Waals surface area contributed by atoms with E-state index in [-0.39, 0.29) is 29.1 Å². The smallest absolute Gasteiger partial charge is 0.243 e. The van der Waals surface area contributed by atoms with Crippen LogP contribution in [0.2, 0.25) is 5.02 Å². The molecule has 1 N–H and O–H groups in total. The number of hydrogen-bond donors (Lipinski definition) is 1. The van der Waals surface area contributed by atoms with Gasteiger partial charge in [-0.2, -0.15) is 0 Å². The number of nitrogens with one attached hydrogen (secondary N) is 1. The predicted molar refractivity (Wildman–Crippen MR) is 146 cm³/mol. The summed E-state index contributed by atoms with van der Waals surface area (Å²) in [7, 11) is 0. The molecule has 0 radical (unpaired) electrons. The number of benzene rings is 3. The summed E-state index contributed by atoms with van der Waals surface area (Å²) in [5, 5.41) is 3.36. The highest BCUT2D eigenvalue weighted by Gasteiger charge is 2.30. The number of thioether (sulfide) groups is 1. The normalized spacial score (nSPS) is 11.6. The Morgan fingerprint density at radius 2 is 1.64 bits per heavy atom. The first-order chi connectivity index (χ1) is 17.5. The van der Waals surface area contributed by atoms with Gasteiger partial charge in [-0.15, -0.1) is 11.8 Å². The summed E-state index contributed by atoms with van der Waals surface area (Å²) in [5.41, 5.74) is 2.29. The minimum atomic E-state index is -0.672. The van der Waals surface area contributed by atoms with Crippen molar-refractivity contribution in [3.05, 3.63) is 106 Å². The standard InChI is InChI=1S/C29H32ClFN2O2S/c1-2-3-17-32-29(35)27(18-22-11-6-4-7-12-22)33(19-23-13-8-5-9-14-23)28(34)21-36-20-24-25(30)15-10-16-26(24)31/h4-16,27H,2-3,17-21H2,1H3,(H,32,35)/t27-/m1/s1. The fourth-order valence-corrected chi connectivity index (χ4v) is 5.08. The zero-order chi connectivity index (χ0) is 25.8. The third-order valence-electron chi connectivity index (χ3n) is 5.83. The van der Waals surface area contributed by atoms with Crippen LogP contribution in [0, 0.1) is 5.82 Å². The molecule has 0 aliphatic carbocycles. The highest BCUT2D eigenvalue weighted by molar-refractivity contribution is 7.99. The van der Waals surface area contributed by atoms with E-state index in [2.05, 4.69) is 12.2 Å². The van der Waals surface area contributed by atoms with Gasteiger partial charge in [0.05, 0.1) is 5.75 Å². The van der Waals surface area contributed by atoms with Crippen molar-refractivity contribution >= 4 is 35.2 Å². The summed E-state index contributed by atoms with van der Waals surface area (Å²) < 4.78 is 14.2. The van der Waals surface area contributed by atoms with Crippen molar-refractivity contribution in [2.45, 2.75) is 44.5 Å². The van der Waals surface area contributed by atoms with Gasteiger partial charge in [-0.3, -0.25) is 9.59 Å². The van der Waals surface area contributed by atoms with Crippen LogP contribution in [-0.2, 0) is 28.3 Å². The van der Waals surface area contributed by atoms with Crippen molar-refractivity contribution in [1.29, 1.82) is 0 Å². The average Bonchev–Trinajstić information content (AvgIpc) is 2.89. The highest BCUT2D eigenvalue weighted by atomic mass is 35.5. The second kappa shape index (κ2) is 14.7. The highest BCUT2D eigenvalue weighted by Crippen LogP contribution is 2.25. The lowest BCUT2D eigenvalue weighted by Gasteiger charge is -2.31. The van der Waals surface area contributed by atoms with Gasteiger partial charge in [0.1, 0.15) is 11.9 Å². The van der Waals surface area contributed by atoms with Crippen LogP contribution >= 0.6 is 23.4 Å². The molecule has 2 amide bonds. The van der Waals surface area contributed by atoms with Gasteiger partial charge in [0.25, 0.3) is 0 Å². The molecule has 3 aromatic carbocycles. The molecular weight excluding hydrogens is 495 g/mol. The molecule has 0 saturated heterocycles. The van der Waals surface area contributed by atoms with Crippen LogP contribution < -0.4 is 5.32 Å². The summed E-state index contributed by atoms with van der Waals surface area (Å²) >= 11 is 7.45. The van der Waals surface area contributed by atoms with E-state index in [0.717, 1.165) is 24.0 Å². The fourth-order valence-electron chi connectivity index (χ4n) is 3.83. The van der Waals surface area contributed by atoms with E-state index in [4.69, 9.17) is 11.6 Å². The molecule has 0 fully saturated rings. The molecule has 0 spiro atoms. The van der Waals surface area contributed by atoms with Crippen LogP contribution in [0.4, 0.5) is 4.39 Å². The Balaban J connectivity index is 1.82. The van der Waals surface area contributed by atoms with Gasteiger partial charge in [-0.05, 0) is 29.7 Å². The fraction of sp³-hybridized carbons (Fsp3) is 0.310. The Morgan fingerprint density at radius 3 is 2.28 bits per heavy atom. The zero-order valence-electron chi connectivity index (χ0n) is 20.5. The molecule has 190 valence electrons. The molecule has 0 aromatic heterocycles. The number of hydrogen-bond acceptors (Lipinski definition) is 3. The molecule has 7 heteroatoms. The van der Waals surface area contributed by atoms with E-state index in [0.29, 0.717) is 30.1 Å². The van der Waals surface area contributed by atoms with Gasteiger partial charge >= 0.3 is 0 Å². The number of carbonyl (C=O) groups excluding carboxylic acids is 2. The minimum Gasteiger partial charge on any atom is -0.354 e. The first-order valence-corrected chi connectivity index (χ1v) is 13.7. The van der Waals surface area contributed by atoms with Gasteiger partial charge < -0.3 is 10.2 Å². The van der Waals surface area contributed by atoms with Crippen molar-refractivity contribution in [2.24, 2.45) is 0 Å². The number of unbranched alkanes of at least 4 members (excludes halogenated alkanes) is 1. The number of halogens is 2. The van der Waals surface area contributed by atoms with E-state index in [9.17, 15) is 14.0 Å². The largest absolute Gasteiger partial charge is 0.354 e. The summed E-state index contributed by atoms with van der Waals surface area (Å²) in [4.78, 5) is 28.6. The van der Waals surface area contributed by atoms with Crippen molar-refractivity contribution in [2.75, 3.05) is 12.3 Å². The quantitative estimate of drug-likeness (QED) is 0.267. The van der Waals surface area contributed by atoms with Crippen molar-refractivity contribution in [1.82, 2.24) is 10.2 Å². The van der Waals surface area contributed by atoms with Gasteiger partial charge in [-0.25, -0.2) is 4.39 Å². The Morgan fingerprint density at radius 1 is 0.972 bits per heavy atom. The summed E-state index contributed by atoms with van der Waals surface area (Å²) in [6.07, 6.45) is 2.24. The second-order valence-corrected chi connectivity index (χ2v) is 9.94. The first kappa shape index (κ1) is 27.8. The Labute approximate surface area is 222 Å². The number of amides is 2. The number of nitrogens with zero attached hydrogens (tertiary/aromatic N) is 1. The van der Waals surface area contributed by atoms with E-state index in [1.807, 2.05) is 60.7 Å². The molecule has 0 saturated carbocycles. The van der Waals surface area contributed by atoms with Crippen LogP contribution in [0.5, 0.6) is 0 Å². The summed E-state index contributed by atoms with van der Waals surface area (Å²) in [5.74, 6) is -0.365. The van der Waals surface area contributed by atoms with Gasteiger partial charge in [0.15, 0.2) is 0 Å². The molecule has 0 bridgehead atoms. The van der Waals surface area contributed by atoms with Crippen LogP contribution in [0.15, 0.2) is 78.9 Å². The number of carbonyl (C=O) groups is 2. The Kier molecular flexibility index (Phi) is 11.3. The van der Waals surface area contributed by atoms with E-state index in [1.54, 1.807) is 17.0 Å². The van der Waals surface area contributed by atoms with Crippen molar-refractivity contribution in [3.63, 3.8) is 0 Å². The number of rotatable bonds is 13. The zero-order valence-corrected chi connectivity index (χ0v) is 22.0. The third kappa shape index (κ3) is 8.38. The average molecular weight is 527 g/mol. The Hall–Kier alpha value is -2.83. The predicted octanol–water partition coefficient (Wildman–Crippen LogP) is 6.27. The molecule has 0 heterocycles. The van der Waals surface area contributed by atoms with Crippen LogP contribution in [0.3, 0.4) is 0 Å². The molecule has 1 atom stereocenters. The van der Waals surface area contributed by atoms with E-state index in [1.165, 1.54) is 17.8 Å². The molecule has 0 unspecified atom stereocenters. The Bertz CT molecular complexity index is 1090. The van der Waals surface area contributed by atoms with Gasteiger partial charge in [0.2, 0.25) is 11.8 Å². The molecule has 3 aromatic rings. The third-order valence-corrected chi connectivity index (χ3v) is 7.13. The lowest BCUT2D eigenvalue weighted by atomic mass is 10.0. The maximum atomic E-state index is 14.2. The summed E-state index contributed by atoms with van der Waals surface area (Å²) in [6.45, 7) is 2.94.